The second kappa shape index (κ2) is 11.8. The van der Waals surface area contributed by atoms with Gasteiger partial charge in [0.25, 0.3) is 0 Å². The first kappa shape index (κ1) is 30.2. The van der Waals surface area contributed by atoms with Crippen LogP contribution >= 0.6 is 0 Å². The lowest BCUT2D eigenvalue weighted by molar-refractivity contribution is 0.0639. The van der Waals surface area contributed by atoms with Crippen LogP contribution in [0.5, 0.6) is 0 Å². The van der Waals surface area contributed by atoms with Crippen molar-refractivity contribution in [1.29, 1.82) is 0 Å². The summed E-state index contributed by atoms with van der Waals surface area (Å²) in [6, 6.07) is 10.2. The largest absolute Gasteiger partial charge is 0.421 e. The molecule has 7 heterocycles. The first-order valence-electron chi connectivity index (χ1n) is 16.6. The molecule has 1 unspecified atom stereocenters. The van der Waals surface area contributed by atoms with Gasteiger partial charge in [0, 0.05) is 49.7 Å². The Hall–Kier alpha value is -4.16. The normalized spacial score (nSPS) is 20.6. The maximum Gasteiger partial charge on any atom is 0.250 e. The fourth-order valence-corrected chi connectivity index (χ4v) is 9.75. The van der Waals surface area contributed by atoms with Crippen LogP contribution in [0.15, 0.2) is 52.0 Å². The fourth-order valence-electron chi connectivity index (χ4n) is 7.53. The average molecular weight is 654 g/mol. The van der Waals surface area contributed by atoms with E-state index in [1.165, 1.54) is 5.56 Å². The Labute approximate surface area is 274 Å². The second-order valence-corrected chi connectivity index (χ2v) is 15.4. The van der Waals surface area contributed by atoms with Crippen molar-refractivity contribution in [2.75, 3.05) is 24.3 Å². The average Bonchev–Trinajstić information content (AvgIpc) is 3.85. The zero-order chi connectivity index (χ0) is 32.3. The van der Waals surface area contributed by atoms with E-state index in [1.807, 2.05) is 41.1 Å². The molecule has 5 aromatic rings. The molecule has 11 nitrogen and oxygen atoms in total. The number of nitrogens with zero attached hydrogens (tertiary/aromatic N) is 6. The smallest absolute Gasteiger partial charge is 0.250 e. The third-order valence-corrected chi connectivity index (χ3v) is 11.9. The molecule has 12 heteroatoms. The summed E-state index contributed by atoms with van der Waals surface area (Å²) in [5.41, 5.74) is 6.04. The second-order valence-electron chi connectivity index (χ2n) is 13.4. The van der Waals surface area contributed by atoms with E-state index in [0.717, 1.165) is 62.5 Å². The molecule has 0 amide bonds. The fraction of sp³-hybridized carbons (Fsp3) is 0.457. The summed E-state index contributed by atoms with van der Waals surface area (Å²) in [7, 11) is -3.69. The van der Waals surface area contributed by atoms with E-state index in [1.54, 1.807) is 6.92 Å². The number of sulfone groups is 1. The molecular formula is C35H39N7O4S. The Morgan fingerprint density at radius 3 is 2.68 bits per heavy atom. The standard InChI is InChI=1S/C35H39N7O4S/c1-20(2)24-19-47(43,44)34-31(32(35-41-40-21(3)46-35)27(39-33(24)34)10-9-22-13-16-45-17-14-22)28-18-42-29(7-4-8-30(42)38-28)37-26-12-11-25-23(26)6-5-15-36-25/h4-8,15,18,20,22,24,26,37H,9-14,16-17,19H2,1-3H3/t24?,26-/m1/s1. The van der Waals surface area contributed by atoms with Crippen LogP contribution < -0.4 is 5.32 Å². The van der Waals surface area contributed by atoms with Gasteiger partial charge >= 0.3 is 0 Å². The third-order valence-electron chi connectivity index (χ3n) is 10.0. The molecule has 3 aliphatic rings. The molecule has 1 saturated heterocycles. The summed E-state index contributed by atoms with van der Waals surface area (Å²) in [4.78, 5) is 15.1. The Morgan fingerprint density at radius 2 is 1.89 bits per heavy atom. The quantitative estimate of drug-likeness (QED) is 0.208. The maximum absolute atomic E-state index is 14.1. The molecule has 8 rings (SSSR count). The summed E-state index contributed by atoms with van der Waals surface area (Å²) in [5.74, 6) is 1.92. The number of aromatic nitrogens is 6. The number of anilines is 1. The predicted octanol–water partition coefficient (Wildman–Crippen LogP) is 6.14. The number of rotatable bonds is 8. The van der Waals surface area contributed by atoms with Crippen molar-refractivity contribution in [1.82, 2.24) is 29.5 Å². The molecule has 2 aliphatic heterocycles. The number of nitrogens with one attached hydrogen (secondary N) is 1. The van der Waals surface area contributed by atoms with Gasteiger partial charge in [0.2, 0.25) is 11.8 Å². The van der Waals surface area contributed by atoms with Crippen LogP contribution in [0.4, 0.5) is 5.82 Å². The minimum absolute atomic E-state index is 0.0149. The van der Waals surface area contributed by atoms with Crippen molar-refractivity contribution < 1.29 is 17.6 Å². The van der Waals surface area contributed by atoms with E-state index in [4.69, 9.17) is 19.1 Å². The molecule has 1 aliphatic carbocycles. The molecule has 5 aromatic heterocycles. The predicted molar refractivity (Wildman–Crippen MR) is 177 cm³/mol. The van der Waals surface area contributed by atoms with Crippen LogP contribution in [0.3, 0.4) is 0 Å². The van der Waals surface area contributed by atoms with Crippen LogP contribution in [0.2, 0.25) is 0 Å². The number of imidazole rings is 1. The molecule has 0 spiro atoms. The molecule has 0 bridgehead atoms. The van der Waals surface area contributed by atoms with E-state index < -0.39 is 9.84 Å². The number of hydrogen-bond donors (Lipinski definition) is 1. The number of hydrogen-bond acceptors (Lipinski definition) is 10. The molecule has 0 radical (unpaired) electrons. The van der Waals surface area contributed by atoms with Gasteiger partial charge in [-0.1, -0.05) is 26.0 Å². The van der Waals surface area contributed by atoms with Gasteiger partial charge in [-0.05, 0) is 74.1 Å². The van der Waals surface area contributed by atoms with Gasteiger partial charge in [0.15, 0.2) is 9.84 Å². The van der Waals surface area contributed by atoms with E-state index >= 15 is 0 Å². The molecule has 47 heavy (non-hydrogen) atoms. The van der Waals surface area contributed by atoms with E-state index in [2.05, 4.69) is 40.4 Å². The Balaban J connectivity index is 1.31. The minimum atomic E-state index is -3.69. The monoisotopic (exact) mass is 653 g/mol. The first-order chi connectivity index (χ1) is 22.8. The molecule has 2 atom stereocenters. The van der Waals surface area contributed by atoms with E-state index in [0.29, 0.717) is 46.4 Å². The number of fused-ring (bicyclic) bond motifs is 3. The highest BCUT2D eigenvalue weighted by Crippen LogP contribution is 2.48. The Kier molecular flexibility index (Phi) is 7.59. The summed E-state index contributed by atoms with van der Waals surface area (Å²) in [5, 5.41) is 12.3. The molecule has 244 valence electrons. The van der Waals surface area contributed by atoms with Gasteiger partial charge in [-0.2, -0.15) is 0 Å². The highest BCUT2D eigenvalue weighted by Gasteiger charge is 2.43. The number of aryl methyl sites for hydroxylation is 3. The minimum Gasteiger partial charge on any atom is -0.421 e. The SMILES string of the molecule is Cc1nnc(-c2c(CCC3CCOCC3)nc3c(c2-c2cn4c(N[C@@H]5CCc6ncccc65)cccc4n2)S(=O)(=O)CC3C(C)C)o1. The van der Waals surface area contributed by atoms with Crippen LogP contribution in [-0.4, -0.2) is 56.9 Å². The molecule has 0 saturated carbocycles. The maximum atomic E-state index is 14.1. The number of ether oxygens (including phenoxy) is 1. The molecule has 1 N–H and O–H groups in total. The van der Waals surface area contributed by atoms with Gasteiger partial charge in [-0.25, -0.2) is 13.4 Å². The molecule has 1 fully saturated rings. The van der Waals surface area contributed by atoms with E-state index in [9.17, 15) is 8.42 Å². The summed E-state index contributed by atoms with van der Waals surface area (Å²) in [6.45, 7) is 7.39. The topological polar surface area (TPSA) is 137 Å². The summed E-state index contributed by atoms with van der Waals surface area (Å²) in [6.07, 6.45) is 9.19. The van der Waals surface area contributed by atoms with Crippen LogP contribution in [0, 0.1) is 18.8 Å². The van der Waals surface area contributed by atoms with Crippen molar-refractivity contribution in [3.05, 3.63) is 71.3 Å². The highest BCUT2D eigenvalue weighted by atomic mass is 32.2. The zero-order valence-electron chi connectivity index (χ0n) is 26.9. The van der Waals surface area contributed by atoms with Crippen molar-refractivity contribution in [3.63, 3.8) is 0 Å². The molecular weight excluding hydrogens is 614 g/mol. The van der Waals surface area contributed by atoms with Gasteiger partial charge in [0.05, 0.1) is 39.3 Å². The van der Waals surface area contributed by atoms with Crippen molar-refractivity contribution in [3.8, 4) is 22.7 Å². The van der Waals surface area contributed by atoms with E-state index in [-0.39, 0.29) is 34.4 Å². The lowest BCUT2D eigenvalue weighted by Gasteiger charge is -2.23. The van der Waals surface area contributed by atoms with Crippen LogP contribution in [0.1, 0.15) is 80.0 Å². The van der Waals surface area contributed by atoms with Crippen LogP contribution in [0.25, 0.3) is 28.4 Å². The molecule has 0 aromatic carbocycles. The highest BCUT2D eigenvalue weighted by molar-refractivity contribution is 7.92. The van der Waals surface area contributed by atoms with Crippen LogP contribution in [-0.2, 0) is 27.4 Å². The van der Waals surface area contributed by atoms with Crippen molar-refractivity contribution >= 4 is 21.3 Å². The first-order valence-corrected chi connectivity index (χ1v) is 18.3. The third kappa shape index (κ3) is 5.41. The Morgan fingerprint density at radius 1 is 1.04 bits per heavy atom. The summed E-state index contributed by atoms with van der Waals surface area (Å²) < 4.78 is 41.9. The lowest BCUT2D eigenvalue weighted by Crippen LogP contribution is -2.17. The Bertz CT molecular complexity index is 2080. The zero-order valence-corrected chi connectivity index (χ0v) is 27.8. The van der Waals surface area contributed by atoms with Crippen molar-refractivity contribution in [2.45, 2.75) is 76.2 Å². The van der Waals surface area contributed by atoms with Gasteiger partial charge < -0.3 is 14.5 Å². The van der Waals surface area contributed by atoms with Gasteiger partial charge in [-0.15, -0.1) is 10.2 Å². The van der Waals surface area contributed by atoms with Gasteiger partial charge in [0.1, 0.15) is 11.5 Å². The lowest BCUT2D eigenvalue weighted by atomic mass is 9.89. The van der Waals surface area contributed by atoms with Gasteiger partial charge in [-0.3, -0.25) is 14.4 Å². The van der Waals surface area contributed by atoms with Crippen molar-refractivity contribution in [2.24, 2.45) is 11.8 Å². The summed E-state index contributed by atoms with van der Waals surface area (Å²) >= 11 is 0. The number of pyridine rings is 3.